The minimum Gasteiger partial charge on any atom is -0.467 e. The maximum Gasteiger partial charge on any atom is 0.128 e. The summed E-state index contributed by atoms with van der Waals surface area (Å²) in [5, 5.41) is 13.0. The maximum atomic E-state index is 9.13. The highest BCUT2D eigenvalue weighted by Crippen LogP contribution is 2.28. The molecule has 0 radical (unpaired) electrons. The summed E-state index contributed by atoms with van der Waals surface area (Å²) >= 11 is 6.12. The number of nitrogens with one attached hydrogen (secondary N) is 1. The molecule has 1 heterocycles. The number of furan rings is 1. The first-order valence-corrected chi connectivity index (χ1v) is 6.19. The maximum absolute atomic E-state index is 9.13. The first-order valence-electron chi connectivity index (χ1n) is 5.81. The van der Waals surface area contributed by atoms with E-state index in [4.69, 9.17) is 21.1 Å². The molecule has 0 spiro atoms. The number of halogens is 1. The highest BCUT2D eigenvalue weighted by Gasteiger charge is 2.13. The second-order valence-corrected chi connectivity index (χ2v) is 4.71. The molecule has 1 aromatic heterocycles. The summed E-state index contributed by atoms with van der Waals surface area (Å²) in [5.41, 5.74) is 2.72. The summed E-state index contributed by atoms with van der Waals surface area (Å²) < 4.78 is 5.44. The Bertz CT molecular complexity index is 536. The molecule has 3 nitrogen and oxygen atoms in total. The van der Waals surface area contributed by atoms with Crippen LogP contribution in [0.15, 0.2) is 34.9 Å². The van der Waals surface area contributed by atoms with Gasteiger partial charge in [0.05, 0.1) is 29.6 Å². The lowest BCUT2D eigenvalue weighted by atomic mass is 10.1. The van der Waals surface area contributed by atoms with Crippen molar-refractivity contribution in [2.75, 3.05) is 5.32 Å². The standard InChI is InChI=1S/C14H16ClNO2/c1-9-5-6-18-14(9)10(2)16-13-7-11(8-17)3-4-12(13)15/h3-7,10,16-17H,8H2,1-2H3. The van der Waals surface area contributed by atoms with Crippen molar-refractivity contribution in [2.24, 2.45) is 0 Å². The first kappa shape index (κ1) is 13.0. The van der Waals surface area contributed by atoms with Crippen LogP contribution in [0.25, 0.3) is 0 Å². The van der Waals surface area contributed by atoms with E-state index in [1.807, 2.05) is 26.0 Å². The first-order chi connectivity index (χ1) is 8.61. The fraction of sp³-hybridized carbons (Fsp3) is 0.286. The lowest BCUT2D eigenvalue weighted by Crippen LogP contribution is -2.07. The fourth-order valence-electron chi connectivity index (χ4n) is 1.91. The highest BCUT2D eigenvalue weighted by molar-refractivity contribution is 6.33. The molecule has 2 rings (SSSR count). The highest BCUT2D eigenvalue weighted by atomic mass is 35.5. The Morgan fingerprint density at radius 2 is 2.17 bits per heavy atom. The van der Waals surface area contributed by atoms with Crippen molar-refractivity contribution in [3.8, 4) is 0 Å². The predicted octanol–water partition coefficient (Wildman–Crippen LogP) is 3.91. The topological polar surface area (TPSA) is 45.4 Å². The summed E-state index contributed by atoms with van der Waals surface area (Å²) in [6.07, 6.45) is 1.68. The Labute approximate surface area is 111 Å². The van der Waals surface area contributed by atoms with E-state index in [0.717, 1.165) is 22.6 Å². The van der Waals surface area contributed by atoms with Crippen molar-refractivity contribution in [3.05, 3.63) is 52.4 Å². The molecule has 0 amide bonds. The van der Waals surface area contributed by atoms with E-state index >= 15 is 0 Å². The van der Waals surface area contributed by atoms with E-state index < -0.39 is 0 Å². The van der Waals surface area contributed by atoms with Gasteiger partial charge in [-0.15, -0.1) is 0 Å². The van der Waals surface area contributed by atoms with Crippen molar-refractivity contribution >= 4 is 17.3 Å². The van der Waals surface area contributed by atoms with Crippen LogP contribution < -0.4 is 5.32 Å². The number of hydrogen-bond donors (Lipinski definition) is 2. The zero-order valence-electron chi connectivity index (χ0n) is 10.4. The van der Waals surface area contributed by atoms with E-state index in [9.17, 15) is 0 Å². The predicted molar refractivity (Wildman–Crippen MR) is 72.9 cm³/mol. The summed E-state index contributed by atoms with van der Waals surface area (Å²) in [6, 6.07) is 7.37. The molecular formula is C14H16ClNO2. The Hall–Kier alpha value is -1.45. The second-order valence-electron chi connectivity index (χ2n) is 4.31. The van der Waals surface area contributed by atoms with E-state index in [-0.39, 0.29) is 12.6 Å². The van der Waals surface area contributed by atoms with Crippen LogP contribution >= 0.6 is 11.6 Å². The Morgan fingerprint density at radius 1 is 1.39 bits per heavy atom. The third-order valence-electron chi connectivity index (χ3n) is 2.88. The van der Waals surface area contributed by atoms with Gasteiger partial charge in [-0.3, -0.25) is 0 Å². The lowest BCUT2D eigenvalue weighted by Gasteiger charge is -2.16. The van der Waals surface area contributed by atoms with Gasteiger partial charge in [0.25, 0.3) is 0 Å². The van der Waals surface area contributed by atoms with Crippen LogP contribution in [0.4, 0.5) is 5.69 Å². The molecule has 0 fully saturated rings. The van der Waals surface area contributed by atoms with Crippen LogP contribution in [0.5, 0.6) is 0 Å². The average Bonchev–Trinajstić information content (AvgIpc) is 2.78. The minimum atomic E-state index is 0.00000953. The molecule has 0 aliphatic carbocycles. The SMILES string of the molecule is Cc1ccoc1C(C)Nc1cc(CO)ccc1Cl. The number of aryl methyl sites for hydroxylation is 1. The zero-order chi connectivity index (χ0) is 13.1. The van der Waals surface area contributed by atoms with Crippen molar-refractivity contribution in [2.45, 2.75) is 26.5 Å². The van der Waals surface area contributed by atoms with Gasteiger partial charge < -0.3 is 14.8 Å². The van der Waals surface area contributed by atoms with Gasteiger partial charge in [0.15, 0.2) is 0 Å². The van der Waals surface area contributed by atoms with Gasteiger partial charge in [0.1, 0.15) is 5.76 Å². The molecular weight excluding hydrogens is 250 g/mol. The molecule has 2 aromatic rings. The molecule has 1 atom stereocenters. The molecule has 4 heteroatoms. The number of anilines is 1. The van der Waals surface area contributed by atoms with Crippen molar-refractivity contribution in [3.63, 3.8) is 0 Å². The summed E-state index contributed by atoms with van der Waals surface area (Å²) in [5.74, 6) is 0.889. The molecule has 0 saturated heterocycles. The van der Waals surface area contributed by atoms with Crippen LogP contribution in [0, 0.1) is 6.92 Å². The molecule has 0 aliphatic heterocycles. The van der Waals surface area contributed by atoms with Gasteiger partial charge in [-0.25, -0.2) is 0 Å². The molecule has 0 saturated carbocycles. The lowest BCUT2D eigenvalue weighted by molar-refractivity contribution is 0.282. The van der Waals surface area contributed by atoms with Crippen molar-refractivity contribution < 1.29 is 9.52 Å². The fourth-order valence-corrected chi connectivity index (χ4v) is 2.08. The monoisotopic (exact) mass is 265 g/mol. The summed E-state index contributed by atoms with van der Waals surface area (Å²) in [6.45, 7) is 4.01. The quantitative estimate of drug-likeness (QED) is 0.881. The van der Waals surface area contributed by atoms with Gasteiger partial charge >= 0.3 is 0 Å². The molecule has 1 aromatic carbocycles. The van der Waals surface area contributed by atoms with E-state index in [0.29, 0.717) is 5.02 Å². The van der Waals surface area contributed by atoms with E-state index in [1.54, 1.807) is 18.4 Å². The van der Waals surface area contributed by atoms with Crippen LogP contribution in [0.1, 0.15) is 29.9 Å². The van der Waals surface area contributed by atoms with Gasteiger partial charge in [0.2, 0.25) is 0 Å². The molecule has 0 bridgehead atoms. The van der Waals surface area contributed by atoms with Crippen LogP contribution in [0.3, 0.4) is 0 Å². The number of benzene rings is 1. The molecule has 2 N–H and O–H groups in total. The van der Waals surface area contributed by atoms with Gasteiger partial charge in [0, 0.05) is 0 Å². The minimum absolute atomic E-state index is 0.00000953. The number of aliphatic hydroxyl groups is 1. The zero-order valence-corrected chi connectivity index (χ0v) is 11.2. The average molecular weight is 266 g/mol. The Balaban J connectivity index is 2.21. The van der Waals surface area contributed by atoms with Crippen LogP contribution in [-0.2, 0) is 6.61 Å². The van der Waals surface area contributed by atoms with Crippen LogP contribution in [0.2, 0.25) is 5.02 Å². The van der Waals surface area contributed by atoms with Gasteiger partial charge in [-0.1, -0.05) is 17.7 Å². The van der Waals surface area contributed by atoms with Gasteiger partial charge in [-0.2, -0.15) is 0 Å². The van der Waals surface area contributed by atoms with Crippen molar-refractivity contribution in [1.29, 1.82) is 0 Å². The smallest absolute Gasteiger partial charge is 0.128 e. The third kappa shape index (κ3) is 2.68. The summed E-state index contributed by atoms with van der Waals surface area (Å²) in [7, 11) is 0. The van der Waals surface area contributed by atoms with E-state index in [1.165, 1.54) is 0 Å². The van der Waals surface area contributed by atoms with Gasteiger partial charge in [-0.05, 0) is 43.2 Å². The number of aliphatic hydroxyl groups excluding tert-OH is 1. The largest absolute Gasteiger partial charge is 0.467 e. The Kier molecular flexibility index (Phi) is 3.94. The number of hydrogen-bond acceptors (Lipinski definition) is 3. The molecule has 18 heavy (non-hydrogen) atoms. The summed E-state index contributed by atoms with van der Waals surface area (Å²) in [4.78, 5) is 0. The van der Waals surface area contributed by atoms with E-state index in [2.05, 4.69) is 5.32 Å². The van der Waals surface area contributed by atoms with Crippen LogP contribution in [-0.4, -0.2) is 5.11 Å². The number of rotatable bonds is 4. The second kappa shape index (κ2) is 5.46. The molecule has 96 valence electrons. The molecule has 1 unspecified atom stereocenters. The Morgan fingerprint density at radius 3 is 2.78 bits per heavy atom. The van der Waals surface area contributed by atoms with Crippen molar-refractivity contribution in [1.82, 2.24) is 0 Å². The molecule has 0 aliphatic rings. The third-order valence-corrected chi connectivity index (χ3v) is 3.21. The normalized spacial score (nSPS) is 12.4.